The average molecular weight is 487 g/mol. The number of nitrogens with one attached hydrogen (secondary N) is 1. The lowest BCUT2D eigenvalue weighted by atomic mass is 9.87. The zero-order valence-electron chi connectivity index (χ0n) is 20.7. The summed E-state index contributed by atoms with van der Waals surface area (Å²) in [6.45, 7) is 4.67. The highest BCUT2D eigenvalue weighted by Crippen LogP contribution is 2.41. The van der Waals surface area contributed by atoms with Gasteiger partial charge < -0.3 is 15.0 Å². The first kappa shape index (κ1) is 24.0. The molecule has 1 aliphatic heterocycles. The summed E-state index contributed by atoms with van der Waals surface area (Å²) in [6.07, 6.45) is 1.99. The minimum atomic E-state index is -0.734. The van der Waals surface area contributed by atoms with Crippen molar-refractivity contribution in [3.8, 4) is 5.75 Å². The number of hydrogen-bond acceptors (Lipinski definition) is 3. The van der Waals surface area contributed by atoms with E-state index in [1.54, 1.807) is 19.1 Å². The first-order chi connectivity index (χ1) is 17.4. The molecule has 1 fully saturated rings. The number of nitrogens with zero attached hydrogens (tertiary/aromatic N) is 1. The Morgan fingerprint density at radius 3 is 2.64 bits per heavy atom. The number of rotatable bonds is 7. The zero-order valence-corrected chi connectivity index (χ0v) is 20.7. The molecule has 1 saturated carbocycles. The molecule has 2 atom stereocenters. The van der Waals surface area contributed by atoms with Crippen molar-refractivity contribution in [3.05, 3.63) is 100 Å². The van der Waals surface area contributed by atoms with E-state index < -0.39 is 6.10 Å². The number of fused-ring (bicyclic) bond motifs is 1. The van der Waals surface area contributed by atoms with Crippen LogP contribution in [0.5, 0.6) is 5.75 Å². The summed E-state index contributed by atoms with van der Waals surface area (Å²) in [7, 11) is 0. The summed E-state index contributed by atoms with van der Waals surface area (Å²) in [5.74, 6) is 0.333. The Morgan fingerprint density at radius 2 is 1.89 bits per heavy atom. The van der Waals surface area contributed by atoms with Crippen LogP contribution in [0, 0.1) is 18.7 Å². The molecule has 36 heavy (non-hydrogen) atoms. The van der Waals surface area contributed by atoms with Crippen LogP contribution in [0.25, 0.3) is 0 Å². The van der Waals surface area contributed by atoms with Crippen LogP contribution in [0.1, 0.15) is 53.6 Å². The van der Waals surface area contributed by atoms with Crippen molar-refractivity contribution in [1.82, 2.24) is 10.2 Å². The molecule has 1 heterocycles. The van der Waals surface area contributed by atoms with E-state index in [-0.39, 0.29) is 36.1 Å². The van der Waals surface area contributed by atoms with Crippen LogP contribution in [0.2, 0.25) is 0 Å². The van der Waals surface area contributed by atoms with Gasteiger partial charge in [0.1, 0.15) is 11.6 Å². The number of carbonyl (C=O) groups excluding carboxylic acids is 2. The second-order valence-corrected chi connectivity index (χ2v) is 9.84. The fourth-order valence-corrected chi connectivity index (χ4v) is 4.91. The molecule has 2 amide bonds. The third-order valence-corrected chi connectivity index (χ3v) is 6.95. The molecular formula is C30H31FN2O3. The topological polar surface area (TPSA) is 58.6 Å². The van der Waals surface area contributed by atoms with Gasteiger partial charge in [0.05, 0.1) is 6.04 Å². The van der Waals surface area contributed by atoms with Gasteiger partial charge in [-0.15, -0.1) is 0 Å². The van der Waals surface area contributed by atoms with Crippen LogP contribution in [-0.2, 0) is 22.6 Å². The molecule has 1 aliphatic carbocycles. The number of carbonyl (C=O) groups is 2. The van der Waals surface area contributed by atoms with E-state index in [0.717, 1.165) is 36.0 Å². The second kappa shape index (κ2) is 10.1. The van der Waals surface area contributed by atoms with Crippen LogP contribution in [0.4, 0.5) is 4.39 Å². The van der Waals surface area contributed by atoms with Crippen molar-refractivity contribution in [2.45, 2.75) is 51.8 Å². The van der Waals surface area contributed by atoms with E-state index in [9.17, 15) is 14.0 Å². The summed E-state index contributed by atoms with van der Waals surface area (Å²) in [5, 5.41) is 2.81. The maximum Gasteiger partial charge on any atom is 0.261 e. The molecular weight excluding hydrogens is 455 g/mol. The zero-order chi connectivity index (χ0) is 25.2. The third kappa shape index (κ3) is 5.27. The van der Waals surface area contributed by atoms with Crippen LogP contribution in [-0.4, -0.2) is 29.4 Å². The molecule has 0 radical (unpaired) electrons. The van der Waals surface area contributed by atoms with E-state index in [4.69, 9.17) is 4.74 Å². The first-order valence-corrected chi connectivity index (χ1v) is 12.6. The van der Waals surface area contributed by atoms with E-state index >= 15 is 0 Å². The normalized spacial score (nSPS) is 17.8. The van der Waals surface area contributed by atoms with E-state index in [2.05, 4.69) is 30.4 Å². The largest absolute Gasteiger partial charge is 0.481 e. The molecule has 6 heteroatoms. The lowest BCUT2D eigenvalue weighted by Gasteiger charge is -2.38. The Morgan fingerprint density at radius 1 is 1.08 bits per heavy atom. The minimum absolute atomic E-state index is 0.139. The van der Waals surface area contributed by atoms with Crippen molar-refractivity contribution in [3.63, 3.8) is 0 Å². The van der Waals surface area contributed by atoms with Gasteiger partial charge in [0.15, 0.2) is 6.10 Å². The smallest absolute Gasteiger partial charge is 0.261 e. The molecule has 186 valence electrons. The number of hydrogen-bond donors (Lipinski definition) is 1. The average Bonchev–Trinajstić information content (AvgIpc) is 3.72. The van der Waals surface area contributed by atoms with Crippen molar-refractivity contribution in [2.75, 3.05) is 6.54 Å². The van der Waals surface area contributed by atoms with Crippen molar-refractivity contribution >= 4 is 11.8 Å². The molecule has 3 aromatic rings. The third-order valence-electron chi connectivity index (χ3n) is 6.95. The van der Waals surface area contributed by atoms with Gasteiger partial charge >= 0.3 is 0 Å². The molecule has 5 rings (SSSR count). The quantitative estimate of drug-likeness (QED) is 0.505. The predicted molar refractivity (Wildman–Crippen MR) is 136 cm³/mol. The molecule has 0 bridgehead atoms. The molecule has 0 spiro atoms. The van der Waals surface area contributed by atoms with E-state index in [0.29, 0.717) is 17.9 Å². The maximum absolute atomic E-state index is 13.4. The lowest BCUT2D eigenvalue weighted by molar-refractivity contribution is -0.134. The van der Waals surface area contributed by atoms with Crippen LogP contribution in [0.15, 0.2) is 66.7 Å². The molecule has 0 unspecified atom stereocenters. The standard InChI is InChI=1S/C30H31FN2O3/c1-19-5-3-7-24(15-19)28-27-17-26(12-11-22(27)13-14-33(28)30(35)23-9-10-23)36-20(2)29(34)32-18-21-6-4-8-25(31)16-21/h3-8,11-12,15-17,20,23,28H,9-10,13-14,18H2,1-2H3,(H,32,34)/t20-,28-/m0/s1. The summed E-state index contributed by atoms with van der Waals surface area (Å²) < 4.78 is 19.4. The molecule has 1 N–H and O–H groups in total. The van der Waals surface area contributed by atoms with Gasteiger partial charge in [-0.3, -0.25) is 9.59 Å². The molecule has 5 nitrogen and oxygen atoms in total. The predicted octanol–water partition coefficient (Wildman–Crippen LogP) is 5.10. The monoisotopic (exact) mass is 486 g/mol. The highest BCUT2D eigenvalue weighted by atomic mass is 19.1. The fraction of sp³-hybridized carbons (Fsp3) is 0.333. The maximum atomic E-state index is 13.4. The fourth-order valence-electron chi connectivity index (χ4n) is 4.91. The van der Waals surface area contributed by atoms with Gasteiger partial charge in [-0.25, -0.2) is 4.39 Å². The Kier molecular flexibility index (Phi) is 6.77. The number of ether oxygens (including phenoxy) is 1. The summed E-state index contributed by atoms with van der Waals surface area (Å²) in [6, 6.07) is 20.2. The van der Waals surface area contributed by atoms with E-state index in [1.807, 2.05) is 29.2 Å². The van der Waals surface area contributed by atoms with Gasteiger partial charge in [0, 0.05) is 19.0 Å². The number of aryl methyl sites for hydroxylation is 1. The Labute approximate surface area is 211 Å². The number of benzene rings is 3. The molecule has 2 aliphatic rings. The number of halogens is 1. The van der Waals surface area contributed by atoms with E-state index in [1.165, 1.54) is 17.7 Å². The molecule has 0 aromatic heterocycles. The number of amides is 2. The van der Waals surface area contributed by atoms with Crippen molar-refractivity contribution in [1.29, 1.82) is 0 Å². The van der Waals surface area contributed by atoms with Gasteiger partial charge in [-0.2, -0.15) is 0 Å². The summed E-state index contributed by atoms with van der Waals surface area (Å²) in [4.78, 5) is 27.9. The van der Waals surface area contributed by atoms with Gasteiger partial charge in [-0.1, -0.05) is 48.0 Å². The Balaban J connectivity index is 1.36. The molecule has 0 saturated heterocycles. The highest BCUT2D eigenvalue weighted by Gasteiger charge is 2.39. The van der Waals surface area contributed by atoms with Crippen LogP contribution >= 0.6 is 0 Å². The molecule has 3 aromatic carbocycles. The van der Waals surface area contributed by atoms with Gasteiger partial charge in [0.2, 0.25) is 5.91 Å². The summed E-state index contributed by atoms with van der Waals surface area (Å²) >= 11 is 0. The summed E-state index contributed by atoms with van der Waals surface area (Å²) in [5.41, 5.74) is 5.16. The van der Waals surface area contributed by atoms with Crippen molar-refractivity contribution in [2.24, 2.45) is 5.92 Å². The van der Waals surface area contributed by atoms with Crippen LogP contribution in [0.3, 0.4) is 0 Å². The van der Waals surface area contributed by atoms with Crippen LogP contribution < -0.4 is 10.1 Å². The lowest BCUT2D eigenvalue weighted by Crippen LogP contribution is -2.41. The minimum Gasteiger partial charge on any atom is -0.481 e. The van der Waals surface area contributed by atoms with Crippen molar-refractivity contribution < 1.29 is 18.7 Å². The Bertz CT molecular complexity index is 1290. The highest BCUT2D eigenvalue weighted by molar-refractivity contribution is 5.82. The van der Waals surface area contributed by atoms with Gasteiger partial charge in [-0.05, 0) is 79.6 Å². The first-order valence-electron chi connectivity index (χ1n) is 12.6. The SMILES string of the molecule is Cc1cccc([C@H]2c3cc(O[C@@H](C)C(=O)NCc4cccc(F)c4)ccc3CCN2C(=O)C2CC2)c1. The Hall–Kier alpha value is -3.67. The second-order valence-electron chi connectivity index (χ2n) is 9.84. The van der Waals surface area contributed by atoms with Gasteiger partial charge in [0.25, 0.3) is 5.91 Å².